The maximum Gasteiger partial charge on any atom is -0.0536 e. The third kappa shape index (κ3) is 3200. The SMILES string of the molecule is CCC.CCC.CCC.CCC.CCC.CCC.CCC.CCC.CCC.CCCCCC. The highest BCUT2D eigenvalue weighted by Gasteiger charge is 1.75. The molecule has 0 N–H and O–H groups in total. The van der Waals surface area contributed by atoms with Crippen molar-refractivity contribution in [3.8, 4) is 0 Å². The van der Waals surface area contributed by atoms with Crippen molar-refractivity contribution in [3.05, 3.63) is 0 Å². The van der Waals surface area contributed by atoms with Crippen LogP contribution in [0.1, 0.15) is 222 Å². The molecular formula is C33H86. The minimum absolute atomic E-state index is 1.25. The van der Waals surface area contributed by atoms with Gasteiger partial charge in [-0.15, -0.1) is 0 Å². The van der Waals surface area contributed by atoms with Crippen molar-refractivity contribution >= 4 is 0 Å². The lowest BCUT2D eigenvalue weighted by molar-refractivity contribution is 0.702. The van der Waals surface area contributed by atoms with Crippen LogP contribution < -0.4 is 0 Å². The van der Waals surface area contributed by atoms with Crippen molar-refractivity contribution < 1.29 is 0 Å². The zero-order valence-electron chi connectivity index (χ0n) is 29.2. The molecule has 0 aromatic rings. The van der Waals surface area contributed by atoms with E-state index in [4.69, 9.17) is 0 Å². The zero-order valence-corrected chi connectivity index (χ0v) is 29.2. The van der Waals surface area contributed by atoms with Crippen LogP contribution in [0.4, 0.5) is 0 Å². The van der Waals surface area contributed by atoms with E-state index in [1.165, 1.54) is 83.5 Å². The Balaban J connectivity index is -0.0000000226. The molecule has 0 aliphatic carbocycles. The zero-order chi connectivity index (χ0) is 29.2. The summed E-state index contributed by atoms with van der Waals surface area (Å²) in [7, 11) is 0. The van der Waals surface area contributed by atoms with Crippen LogP contribution in [-0.2, 0) is 0 Å². The van der Waals surface area contributed by atoms with E-state index in [0.29, 0.717) is 0 Å². The van der Waals surface area contributed by atoms with Gasteiger partial charge < -0.3 is 0 Å². The van der Waals surface area contributed by atoms with Crippen molar-refractivity contribution in [1.82, 2.24) is 0 Å². The summed E-state index contributed by atoms with van der Waals surface area (Å²) in [5.74, 6) is 0. The molecule has 0 spiro atoms. The number of unbranched alkanes of at least 4 members (excludes halogenated alkanes) is 3. The Labute approximate surface area is 221 Å². The van der Waals surface area contributed by atoms with E-state index in [1.54, 1.807) is 0 Å². The van der Waals surface area contributed by atoms with Gasteiger partial charge in [0.1, 0.15) is 0 Å². The summed E-state index contributed by atoms with van der Waals surface area (Å²) in [6.45, 7) is 42.7. The quantitative estimate of drug-likeness (QED) is 0.351. The van der Waals surface area contributed by atoms with E-state index < -0.39 is 0 Å². The summed E-state index contributed by atoms with van der Waals surface area (Å²) in [6.07, 6.45) is 16.8. The first-order valence-corrected chi connectivity index (χ1v) is 15.6. The van der Waals surface area contributed by atoms with Gasteiger partial charge in [0.25, 0.3) is 0 Å². The van der Waals surface area contributed by atoms with Gasteiger partial charge in [-0.1, -0.05) is 222 Å². The molecule has 0 aromatic heterocycles. The third-order valence-electron chi connectivity index (χ3n) is 0.957. The van der Waals surface area contributed by atoms with Crippen molar-refractivity contribution in [1.29, 1.82) is 0 Å². The van der Waals surface area contributed by atoms with E-state index in [1.807, 2.05) is 0 Å². The lowest BCUT2D eigenvalue weighted by Crippen LogP contribution is -1.66. The monoisotopic (exact) mass is 483 g/mol. The normalized spacial score (nSPS) is 6.55. The number of hydrogen-bond acceptors (Lipinski definition) is 0. The fraction of sp³-hybridized carbons (Fsp3) is 1.00. The molecule has 0 atom stereocenters. The van der Waals surface area contributed by atoms with Gasteiger partial charge in [0.05, 0.1) is 0 Å². The summed E-state index contributed by atoms with van der Waals surface area (Å²) < 4.78 is 0. The molecule has 0 nitrogen and oxygen atoms in total. The van der Waals surface area contributed by atoms with Gasteiger partial charge in [0, 0.05) is 0 Å². The average molecular weight is 483 g/mol. The second-order valence-corrected chi connectivity index (χ2v) is 8.07. The van der Waals surface area contributed by atoms with Crippen LogP contribution in [0.3, 0.4) is 0 Å². The lowest BCUT2D eigenvalue weighted by atomic mass is 10.2. The second-order valence-electron chi connectivity index (χ2n) is 8.07. The Morgan fingerprint density at radius 3 is 0.273 bits per heavy atom. The minimum Gasteiger partial charge on any atom is -0.0656 e. The maximum absolute atomic E-state index is 2.23. The maximum atomic E-state index is 2.23. The fourth-order valence-electron chi connectivity index (χ4n) is 0.500. The van der Waals surface area contributed by atoms with Gasteiger partial charge in [-0.25, -0.2) is 0 Å². The van der Waals surface area contributed by atoms with Crippen molar-refractivity contribution in [2.24, 2.45) is 0 Å². The van der Waals surface area contributed by atoms with Crippen LogP contribution in [-0.4, -0.2) is 0 Å². The van der Waals surface area contributed by atoms with Gasteiger partial charge in [-0.2, -0.15) is 0 Å². The lowest BCUT2D eigenvalue weighted by Gasteiger charge is -1.86. The predicted octanol–water partition coefficient (Wildman–Crippen LogP) is 15.3. The summed E-state index contributed by atoms with van der Waals surface area (Å²) in [5, 5.41) is 0. The smallest absolute Gasteiger partial charge is 0.0536 e. The topological polar surface area (TPSA) is 0 Å². The molecule has 0 heterocycles. The highest BCUT2D eigenvalue weighted by atomic mass is 13.8. The summed E-state index contributed by atoms with van der Waals surface area (Å²) >= 11 is 0. The molecule has 0 aliphatic heterocycles. The first-order valence-electron chi connectivity index (χ1n) is 15.6. The van der Waals surface area contributed by atoms with E-state index in [2.05, 4.69) is 138 Å². The molecule has 33 heavy (non-hydrogen) atoms. The Hall–Kier alpha value is 0. The Bertz CT molecular complexity index is 63.7. The molecule has 0 saturated heterocycles. The standard InChI is InChI=1S/C6H14.9C3H8/c1-3-5-6-4-2;9*1-3-2/h3-6H2,1-2H3;9*3H2,1-2H3. The highest BCUT2D eigenvalue weighted by molar-refractivity contribution is 4.31. The van der Waals surface area contributed by atoms with Crippen LogP contribution in [0, 0.1) is 0 Å². The number of hydrogen-bond donors (Lipinski definition) is 0. The molecule has 0 bridgehead atoms. The molecule has 0 unspecified atom stereocenters. The first-order chi connectivity index (χ1) is 15.6. The molecule has 0 heteroatoms. The molecule has 0 fully saturated rings. The predicted molar refractivity (Wildman–Crippen MR) is 174 cm³/mol. The number of rotatable bonds is 3. The van der Waals surface area contributed by atoms with Crippen molar-refractivity contribution in [3.63, 3.8) is 0 Å². The first kappa shape index (κ1) is 63.9. The van der Waals surface area contributed by atoms with Crippen molar-refractivity contribution in [2.75, 3.05) is 0 Å². The fourth-order valence-corrected chi connectivity index (χ4v) is 0.500. The van der Waals surface area contributed by atoms with E-state index in [9.17, 15) is 0 Å². The van der Waals surface area contributed by atoms with E-state index in [0.717, 1.165) is 0 Å². The van der Waals surface area contributed by atoms with Crippen LogP contribution >= 0.6 is 0 Å². The Morgan fingerprint density at radius 1 is 0.182 bits per heavy atom. The van der Waals surface area contributed by atoms with E-state index >= 15 is 0 Å². The molecule has 0 saturated carbocycles. The Morgan fingerprint density at radius 2 is 0.242 bits per heavy atom. The summed E-state index contributed by atoms with van der Waals surface area (Å²) in [6, 6.07) is 0. The van der Waals surface area contributed by atoms with Crippen LogP contribution in [0.2, 0.25) is 0 Å². The second kappa shape index (κ2) is 182. The Kier molecular flexibility index (Phi) is 352. The molecule has 0 rings (SSSR count). The molecular weight excluding hydrogens is 396 g/mol. The van der Waals surface area contributed by atoms with Gasteiger partial charge in [-0.05, 0) is 0 Å². The molecule has 0 aromatic carbocycles. The molecule has 218 valence electrons. The van der Waals surface area contributed by atoms with Gasteiger partial charge in [0.15, 0.2) is 0 Å². The van der Waals surface area contributed by atoms with Crippen LogP contribution in [0.15, 0.2) is 0 Å². The van der Waals surface area contributed by atoms with Crippen molar-refractivity contribution in [2.45, 2.75) is 222 Å². The van der Waals surface area contributed by atoms with Crippen LogP contribution in [0.5, 0.6) is 0 Å². The molecule has 0 amide bonds. The summed E-state index contributed by atoms with van der Waals surface area (Å²) in [5.41, 5.74) is 0. The minimum atomic E-state index is 1.25. The third-order valence-corrected chi connectivity index (χ3v) is 0.957. The van der Waals surface area contributed by atoms with E-state index in [-0.39, 0.29) is 0 Å². The van der Waals surface area contributed by atoms with Crippen LogP contribution in [0.25, 0.3) is 0 Å². The summed E-state index contributed by atoms with van der Waals surface area (Å²) in [4.78, 5) is 0. The average Bonchev–Trinajstić information content (AvgIpc) is 2.72. The van der Waals surface area contributed by atoms with Gasteiger partial charge in [-0.3, -0.25) is 0 Å². The van der Waals surface area contributed by atoms with Gasteiger partial charge in [0.2, 0.25) is 0 Å². The highest BCUT2D eigenvalue weighted by Crippen LogP contribution is 1.95. The largest absolute Gasteiger partial charge is 0.0656 e. The van der Waals surface area contributed by atoms with Gasteiger partial charge >= 0.3 is 0 Å². The molecule has 0 radical (unpaired) electrons. The molecule has 0 aliphatic rings.